The van der Waals surface area contributed by atoms with E-state index in [0.717, 1.165) is 24.1 Å². The summed E-state index contributed by atoms with van der Waals surface area (Å²) in [5.41, 5.74) is 2.05. The van der Waals surface area contributed by atoms with Gasteiger partial charge in [-0.15, -0.1) is 0 Å². The van der Waals surface area contributed by atoms with Crippen molar-refractivity contribution >= 4 is 11.5 Å². The number of anilines is 1. The molecule has 0 unspecified atom stereocenters. The molecule has 1 heterocycles. The third kappa shape index (κ3) is 3.50. The van der Waals surface area contributed by atoms with E-state index in [1.165, 1.54) is 12.8 Å². The molecule has 2 aromatic rings. The highest BCUT2D eigenvalue weighted by molar-refractivity contribution is 5.59. The van der Waals surface area contributed by atoms with Crippen LogP contribution in [0, 0.1) is 17.0 Å². The van der Waals surface area contributed by atoms with E-state index in [1.807, 2.05) is 25.1 Å². The van der Waals surface area contributed by atoms with Crippen LogP contribution in [0.1, 0.15) is 36.9 Å². The minimum atomic E-state index is -0.325. The number of hydrogen-bond acceptors (Lipinski definition) is 4. The molecule has 3 rings (SSSR count). The second-order valence-electron chi connectivity index (χ2n) is 6.10. The van der Waals surface area contributed by atoms with E-state index in [2.05, 4.69) is 22.0 Å². The molecule has 0 atom stereocenters. The van der Waals surface area contributed by atoms with E-state index in [-0.39, 0.29) is 10.6 Å². The molecule has 5 nitrogen and oxygen atoms in total. The van der Waals surface area contributed by atoms with Gasteiger partial charge in [-0.2, -0.15) is 0 Å². The monoisotopic (exact) mass is 311 g/mol. The van der Waals surface area contributed by atoms with Gasteiger partial charge in [0.15, 0.2) is 0 Å². The molecule has 1 aromatic carbocycles. The van der Waals surface area contributed by atoms with Gasteiger partial charge in [-0.3, -0.25) is 10.1 Å². The highest BCUT2D eigenvalue weighted by atomic mass is 16.6. The lowest BCUT2D eigenvalue weighted by molar-refractivity contribution is -0.384. The van der Waals surface area contributed by atoms with Gasteiger partial charge in [-0.1, -0.05) is 43.2 Å². The van der Waals surface area contributed by atoms with Crippen LogP contribution in [0.25, 0.3) is 0 Å². The zero-order chi connectivity index (χ0) is 16.2. The SMILES string of the molecule is Cc1ccc([N+](=O)[O-])c(N(Cc2ccccc2)C2CCCC2)n1. The first-order valence-electron chi connectivity index (χ1n) is 8.08. The smallest absolute Gasteiger partial charge is 0.311 e. The minimum absolute atomic E-state index is 0.0958. The maximum Gasteiger partial charge on any atom is 0.311 e. The number of nitrogens with zero attached hydrogens (tertiary/aromatic N) is 3. The number of hydrogen-bond donors (Lipinski definition) is 0. The largest absolute Gasteiger partial charge is 0.344 e. The normalized spacial score (nSPS) is 14.8. The number of rotatable bonds is 5. The fraction of sp³-hybridized carbons (Fsp3) is 0.389. The quantitative estimate of drug-likeness (QED) is 0.612. The molecule has 0 spiro atoms. The van der Waals surface area contributed by atoms with Crippen molar-refractivity contribution in [1.29, 1.82) is 0 Å². The molecule has 1 aromatic heterocycles. The lowest BCUT2D eigenvalue weighted by Crippen LogP contribution is -2.34. The zero-order valence-electron chi connectivity index (χ0n) is 13.3. The molecule has 1 aliphatic rings. The first-order chi connectivity index (χ1) is 11.1. The van der Waals surface area contributed by atoms with Crippen molar-refractivity contribution in [2.45, 2.75) is 45.2 Å². The maximum atomic E-state index is 11.4. The van der Waals surface area contributed by atoms with Crippen LogP contribution in [0.4, 0.5) is 11.5 Å². The molecule has 0 N–H and O–H groups in total. The van der Waals surface area contributed by atoms with Crippen LogP contribution in [0.5, 0.6) is 0 Å². The Bertz CT molecular complexity index is 682. The summed E-state index contributed by atoms with van der Waals surface area (Å²) < 4.78 is 0. The average Bonchev–Trinajstić information content (AvgIpc) is 3.07. The Hall–Kier alpha value is -2.43. The third-order valence-electron chi connectivity index (χ3n) is 4.42. The summed E-state index contributed by atoms with van der Waals surface area (Å²) in [6, 6.07) is 13.7. The topological polar surface area (TPSA) is 59.3 Å². The van der Waals surface area contributed by atoms with E-state index in [4.69, 9.17) is 0 Å². The van der Waals surface area contributed by atoms with Gasteiger partial charge in [0.25, 0.3) is 0 Å². The number of benzene rings is 1. The van der Waals surface area contributed by atoms with E-state index in [0.29, 0.717) is 18.4 Å². The Kier molecular flexibility index (Phi) is 4.55. The average molecular weight is 311 g/mol. The lowest BCUT2D eigenvalue weighted by Gasteiger charge is -2.30. The first-order valence-corrected chi connectivity index (χ1v) is 8.08. The van der Waals surface area contributed by atoms with Crippen LogP contribution < -0.4 is 4.90 Å². The van der Waals surface area contributed by atoms with Crippen molar-refractivity contribution in [1.82, 2.24) is 4.98 Å². The van der Waals surface area contributed by atoms with Crippen molar-refractivity contribution in [3.8, 4) is 0 Å². The molecule has 0 aliphatic heterocycles. The molecular weight excluding hydrogens is 290 g/mol. The van der Waals surface area contributed by atoms with Crippen LogP contribution >= 0.6 is 0 Å². The standard InChI is InChI=1S/C18H21N3O2/c1-14-11-12-17(21(22)23)18(19-14)20(16-9-5-6-10-16)13-15-7-3-2-4-8-15/h2-4,7-8,11-12,16H,5-6,9-10,13H2,1H3. The Balaban J connectivity index is 2.01. The molecule has 0 amide bonds. The predicted molar refractivity (Wildman–Crippen MR) is 90.5 cm³/mol. The van der Waals surface area contributed by atoms with E-state index in [9.17, 15) is 10.1 Å². The molecule has 5 heteroatoms. The number of aryl methyl sites for hydroxylation is 1. The summed E-state index contributed by atoms with van der Waals surface area (Å²) in [7, 11) is 0. The Morgan fingerprint density at radius 1 is 1.17 bits per heavy atom. The summed E-state index contributed by atoms with van der Waals surface area (Å²) in [6.07, 6.45) is 4.49. The predicted octanol–water partition coefficient (Wildman–Crippen LogP) is 4.25. The lowest BCUT2D eigenvalue weighted by atomic mass is 10.1. The van der Waals surface area contributed by atoms with Crippen molar-refractivity contribution in [3.05, 3.63) is 63.8 Å². The van der Waals surface area contributed by atoms with Crippen molar-refractivity contribution in [3.63, 3.8) is 0 Å². The molecule has 0 radical (unpaired) electrons. The minimum Gasteiger partial charge on any atom is -0.344 e. The molecule has 1 saturated carbocycles. The Morgan fingerprint density at radius 2 is 1.87 bits per heavy atom. The van der Waals surface area contributed by atoms with Gasteiger partial charge in [-0.05, 0) is 31.4 Å². The van der Waals surface area contributed by atoms with Gasteiger partial charge in [0.1, 0.15) is 0 Å². The third-order valence-corrected chi connectivity index (χ3v) is 4.42. The Morgan fingerprint density at radius 3 is 2.52 bits per heavy atom. The number of aromatic nitrogens is 1. The van der Waals surface area contributed by atoms with Crippen LogP contribution in [0.2, 0.25) is 0 Å². The number of pyridine rings is 1. The van der Waals surface area contributed by atoms with Gasteiger partial charge < -0.3 is 4.90 Å². The van der Waals surface area contributed by atoms with Gasteiger partial charge >= 0.3 is 5.69 Å². The summed E-state index contributed by atoms with van der Waals surface area (Å²) in [5, 5.41) is 11.4. The second kappa shape index (κ2) is 6.77. The Labute approximate surface area is 136 Å². The van der Waals surface area contributed by atoms with Crippen molar-refractivity contribution in [2.24, 2.45) is 0 Å². The molecule has 1 aliphatic carbocycles. The van der Waals surface area contributed by atoms with Crippen molar-refractivity contribution < 1.29 is 4.92 Å². The van der Waals surface area contributed by atoms with Crippen LogP contribution in [-0.2, 0) is 6.54 Å². The molecule has 23 heavy (non-hydrogen) atoms. The van der Waals surface area contributed by atoms with Gasteiger partial charge in [0, 0.05) is 24.3 Å². The van der Waals surface area contributed by atoms with Gasteiger partial charge in [0.05, 0.1) is 4.92 Å². The summed E-state index contributed by atoms with van der Waals surface area (Å²) >= 11 is 0. The van der Waals surface area contributed by atoms with E-state index in [1.54, 1.807) is 12.1 Å². The number of nitro groups is 1. The second-order valence-corrected chi connectivity index (χ2v) is 6.10. The van der Waals surface area contributed by atoms with E-state index < -0.39 is 0 Å². The van der Waals surface area contributed by atoms with Gasteiger partial charge in [-0.25, -0.2) is 4.98 Å². The van der Waals surface area contributed by atoms with Gasteiger partial charge in [0.2, 0.25) is 5.82 Å². The highest BCUT2D eigenvalue weighted by Gasteiger charge is 2.29. The van der Waals surface area contributed by atoms with Crippen molar-refractivity contribution in [2.75, 3.05) is 4.90 Å². The fourth-order valence-electron chi connectivity index (χ4n) is 3.26. The summed E-state index contributed by atoms with van der Waals surface area (Å²) in [6.45, 7) is 2.53. The first kappa shape index (κ1) is 15.5. The maximum absolute atomic E-state index is 11.4. The highest BCUT2D eigenvalue weighted by Crippen LogP contribution is 2.34. The van der Waals surface area contributed by atoms with Crippen LogP contribution in [-0.4, -0.2) is 15.9 Å². The van der Waals surface area contributed by atoms with E-state index >= 15 is 0 Å². The van der Waals surface area contributed by atoms with Crippen LogP contribution in [0.15, 0.2) is 42.5 Å². The zero-order valence-corrected chi connectivity index (χ0v) is 13.3. The fourth-order valence-corrected chi connectivity index (χ4v) is 3.26. The molecular formula is C18H21N3O2. The summed E-state index contributed by atoms with van der Waals surface area (Å²) in [4.78, 5) is 17.8. The summed E-state index contributed by atoms with van der Waals surface area (Å²) in [5.74, 6) is 0.505. The molecule has 0 saturated heterocycles. The molecule has 120 valence electrons. The molecule has 1 fully saturated rings. The molecule has 0 bridgehead atoms. The van der Waals surface area contributed by atoms with Crippen LogP contribution in [0.3, 0.4) is 0 Å².